The quantitative estimate of drug-likeness (QED) is 0.593. The van der Waals surface area contributed by atoms with Crippen LogP contribution in [0.3, 0.4) is 0 Å². The molecule has 0 aromatic heterocycles. The van der Waals surface area contributed by atoms with Crippen molar-refractivity contribution in [2.45, 2.75) is 49.9 Å². The van der Waals surface area contributed by atoms with Gasteiger partial charge in [0.1, 0.15) is 0 Å². The van der Waals surface area contributed by atoms with Gasteiger partial charge in [0.25, 0.3) is 0 Å². The number of thioether (sulfide) groups is 1. The lowest BCUT2D eigenvalue weighted by atomic mass is 9.85. The third-order valence-electron chi connectivity index (χ3n) is 5.37. The molecule has 4 nitrogen and oxygen atoms in total. The van der Waals surface area contributed by atoms with Gasteiger partial charge in [-0.3, -0.25) is 4.99 Å². The van der Waals surface area contributed by atoms with Gasteiger partial charge in [-0.15, -0.1) is 0 Å². The van der Waals surface area contributed by atoms with Gasteiger partial charge in [0.2, 0.25) is 0 Å². The zero-order valence-corrected chi connectivity index (χ0v) is 15.6. The third-order valence-corrected chi connectivity index (χ3v) is 6.60. The van der Waals surface area contributed by atoms with Crippen LogP contribution < -0.4 is 10.6 Å². The van der Waals surface area contributed by atoms with E-state index in [4.69, 9.17) is 0 Å². The van der Waals surface area contributed by atoms with Crippen LogP contribution in [0, 0.1) is 5.92 Å². The van der Waals surface area contributed by atoms with Crippen LogP contribution in [0.2, 0.25) is 0 Å². The van der Waals surface area contributed by atoms with Crippen molar-refractivity contribution in [2.24, 2.45) is 10.9 Å². The van der Waals surface area contributed by atoms with Gasteiger partial charge in [0.15, 0.2) is 5.96 Å². The zero-order valence-electron chi connectivity index (χ0n) is 14.7. The van der Waals surface area contributed by atoms with Gasteiger partial charge in [-0.2, -0.15) is 24.9 Å². The maximum Gasteiger partial charge on any atom is 0.391 e. The Labute approximate surface area is 147 Å². The van der Waals surface area contributed by atoms with Gasteiger partial charge in [-0.05, 0) is 52.0 Å². The highest BCUT2D eigenvalue weighted by molar-refractivity contribution is 7.99. The molecule has 0 radical (unpaired) electrons. The number of halogens is 3. The number of likely N-dealkylation sites (N-methyl/N-ethyl adjacent to an activating group) is 1. The molecular formula is C16H29F3N4S. The van der Waals surface area contributed by atoms with Crippen molar-refractivity contribution in [1.82, 2.24) is 15.5 Å². The highest BCUT2D eigenvalue weighted by atomic mass is 32.2. The van der Waals surface area contributed by atoms with Crippen molar-refractivity contribution in [3.63, 3.8) is 0 Å². The standard InChI is InChI=1S/C16H29F3N4S/c1-20-14(21-10-15(23(2)3)8-9-24-11-15)22-13-6-4-12(5-7-13)16(17,18)19/h12-13H,4-11H2,1-3H3,(H2,20,21,22). The van der Waals surface area contributed by atoms with Crippen LogP contribution in [0.15, 0.2) is 4.99 Å². The van der Waals surface area contributed by atoms with Crippen molar-refractivity contribution in [3.05, 3.63) is 0 Å². The smallest absolute Gasteiger partial charge is 0.355 e. The SMILES string of the molecule is CN=C(NCC1(N(C)C)CCSC1)NC1CCC(C(F)(F)F)CC1. The maximum atomic E-state index is 12.7. The predicted octanol–water partition coefficient (Wildman–Crippen LogP) is 2.71. The monoisotopic (exact) mass is 366 g/mol. The van der Waals surface area contributed by atoms with Crippen LogP contribution in [0.1, 0.15) is 32.1 Å². The van der Waals surface area contributed by atoms with E-state index >= 15 is 0 Å². The Bertz CT molecular complexity index is 426. The van der Waals surface area contributed by atoms with Gasteiger partial charge in [-0.25, -0.2) is 0 Å². The van der Waals surface area contributed by atoms with Gasteiger partial charge >= 0.3 is 6.18 Å². The van der Waals surface area contributed by atoms with E-state index in [9.17, 15) is 13.2 Å². The van der Waals surface area contributed by atoms with Crippen LogP contribution in [0.4, 0.5) is 13.2 Å². The first-order valence-electron chi connectivity index (χ1n) is 8.56. The second-order valence-corrected chi connectivity index (χ2v) is 8.19. The van der Waals surface area contributed by atoms with Crippen LogP contribution >= 0.6 is 11.8 Å². The molecule has 2 aliphatic rings. The Morgan fingerprint density at radius 3 is 2.38 bits per heavy atom. The summed E-state index contributed by atoms with van der Waals surface area (Å²) in [6, 6.07) is 0.0723. The lowest BCUT2D eigenvalue weighted by Gasteiger charge is -2.37. The largest absolute Gasteiger partial charge is 0.391 e. The summed E-state index contributed by atoms with van der Waals surface area (Å²) in [5.74, 6) is 1.80. The number of alkyl halides is 3. The Balaban J connectivity index is 1.81. The Morgan fingerprint density at radius 2 is 1.92 bits per heavy atom. The summed E-state index contributed by atoms with van der Waals surface area (Å²) in [5.41, 5.74) is 0.121. The van der Waals surface area contributed by atoms with Crippen LogP contribution in [-0.4, -0.2) is 67.8 Å². The molecule has 0 aromatic carbocycles. The highest BCUT2D eigenvalue weighted by Crippen LogP contribution is 2.37. The number of nitrogens with zero attached hydrogens (tertiary/aromatic N) is 2. The number of hydrogen-bond acceptors (Lipinski definition) is 3. The number of nitrogens with one attached hydrogen (secondary N) is 2. The molecule has 2 rings (SSSR count). The van der Waals surface area contributed by atoms with E-state index in [1.165, 1.54) is 0 Å². The molecule has 8 heteroatoms. The molecule has 0 bridgehead atoms. The molecule has 0 spiro atoms. The molecule has 1 unspecified atom stereocenters. The first-order chi connectivity index (χ1) is 11.3. The van der Waals surface area contributed by atoms with Crippen molar-refractivity contribution >= 4 is 17.7 Å². The van der Waals surface area contributed by atoms with Gasteiger partial charge < -0.3 is 15.5 Å². The summed E-state index contributed by atoms with van der Waals surface area (Å²) in [6.07, 6.45) is -1.43. The Hall–Kier alpha value is -0.630. The summed E-state index contributed by atoms with van der Waals surface area (Å²) in [6.45, 7) is 0.796. The summed E-state index contributed by atoms with van der Waals surface area (Å²) < 4.78 is 38.2. The lowest BCUT2D eigenvalue weighted by molar-refractivity contribution is -0.182. The summed E-state index contributed by atoms with van der Waals surface area (Å²) in [5, 5.41) is 6.69. The van der Waals surface area contributed by atoms with E-state index < -0.39 is 12.1 Å². The molecular weight excluding hydrogens is 337 g/mol. The second kappa shape index (κ2) is 8.17. The van der Waals surface area contributed by atoms with Gasteiger partial charge in [0.05, 0.1) is 5.92 Å². The van der Waals surface area contributed by atoms with Crippen molar-refractivity contribution in [1.29, 1.82) is 0 Å². The fourth-order valence-electron chi connectivity index (χ4n) is 3.45. The van der Waals surface area contributed by atoms with Crippen LogP contribution in [-0.2, 0) is 0 Å². The van der Waals surface area contributed by atoms with E-state index in [0.717, 1.165) is 24.5 Å². The summed E-state index contributed by atoms with van der Waals surface area (Å²) in [7, 11) is 5.91. The first-order valence-corrected chi connectivity index (χ1v) is 9.71. The predicted molar refractivity (Wildman–Crippen MR) is 94.7 cm³/mol. The maximum absolute atomic E-state index is 12.7. The van der Waals surface area contributed by atoms with E-state index in [1.54, 1.807) is 7.05 Å². The molecule has 1 aliphatic carbocycles. The van der Waals surface area contributed by atoms with E-state index in [1.807, 2.05) is 11.8 Å². The highest BCUT2D eigenvalue weighted by Gasteiger charge is 2.41. The minimum absolute atomic E-state index is 0.0723. The molecule has 24 heavy (non-hydrogen) atoms. The van der Waals surface area contributed by atoms with Crippen molar-refractivity contribution in [2.75, 3.05) is 39.2 Å². The third kappa shape index (κ3) is 4.94. The zero-order chi connectivity index (χ0) is 17.8. The Kier molecular flexibility index (Phi) is 6.70. The van der Waals surface area contributed by atoms with Gasteiger partial charge in [0, 0.05) is 30.9 Å². The summed E-state index contributed by atoms with van der Waals surface area (Å²) in [4.78, 5) is 6.51. The molecule has 1 saturated carbocycles. The minimum atomic E-state index is -4.05. The molecule has 1 atom stereocenters. The average molecular weight is 366 g/mol. The lowest BCUT2D eigenvalue weighted by Crippen LogP contribution is -2.56. The molecule has 1 saturated heterocycles. The first kappa shape index (κ1) is 19.7. The van der Waals surface area contributed by atoms with E-state index in [2.05, 4.69) is 34.6 Å². The average Bonchev–Trinajstić information content (AvgIpc) is 3.01. The molecule has 2 fully saturated rings. The normalized spacial score (nSPS) is 32.2. The number of hydrogen-bond donors (Lipinski definition) is 2. The number of rotatable bonds is 4. The van der Waals surface area contributed by atoms with Crippen molar-refractivity contribution < 1.29 is 13.2 Å². The van der Waals surface area contributed by atoms with Crippen molar-refractivity contribution in [3.8, 4) is 0 Å². The summed E-state index contributed by atoms with van der Waals surface area (Å²) >= 11 is 1.96. The van der Waals surface area contributed by atoms with Crippen LogP contribution in [0.5, 0.6) is 0 Å². The Morgan fingerprint density at radius 1 is 1.25 bits per heavy atom. The fourth-order valence-corrected chi connectivity index (χ4v) is 5.00. The van der Waals surface area contributed by atoms with Gasteiger partial charge in [-0.1, -0.05) is 0 Å². The molecule has 2 N–H and O–H groups in total. The van der Waals surface area contributed by atoms with E-state index in [0.29, 0.717) is 18.8 Å². The van der Waals surface area contributed by atoms with Crippen LogP contribution in [0.25, 0.3) is 0 Å². The second-order valence-electron chi connectivity index (χ2n) is 7.08. The van der Waals surface area contributed by atoms with E-state index in [-0.39, 0.29) is 24.4 Å². The molecule has 140 valence electrons. The topological polar surface area (TPSA) is 39.7 Å². The fraction of sp³-hybridized carbons (Fsp3) is 0.938. The minimum Gasteiger partial charge on any atom is -0.355 e. The molecule has 1 heterocycles. The number of guanidine groups is 1. The number of aliphatic imine (C=N–C) groups is 1. The molecule has 0 amide bonds. The molecule has 0 aromatic rings. The molecule has 1 aliphatic heterocycles.